The summed E-state index contributed by atoms with van der Waals surface area (Å²) in [7, 11) is 0. The first kappa shape index (κ1) is 20.0. The highest BCUT2D eigenvalue weighted by atomic mass is 35.5. The summed E-state index contributed by atoms with van der Waals surface area (Å²) in [6, 6.07) is 10.9. The van der Waals surface area contributed by atoms with E-state index in [0.717, 1.165) is 43.4 Å². The van der Waals surface area contributed by atoms with Gasteiger partial charge < -0.3 is 0 Å². The Morgan fingerprint density at radius 3 is 2.59 bits per heavy atom. The highest BCUT2D eigenvalue weighted by molar-refractivity contribution is 7.99. The second kappa shape index (κ2) is 8.63. The van der Waals surface area contributed by atoms with E-state index in [0.29, 0.717) is 16.0 Å². The van der Waals surface area contributed by atoms with Crippen molar-refractivity contribution in [1.82, 2.24) is 14.8 Å². The molecule has 3 aromatic rings. The molecule has 0 amide bonds. The van der Waals surface area contributed by atoms with E-state index in [9.17, 15) is 13.6 Å². The number of benzene rings is 2. The first-order chi connectivity index (χ1) is 14.0. The second-order valence-electron chi connectivity index (χ2n) is 6.94. The van der Waals surface area contributed by atoms with Crippen LogP contribution < -0.4 is 0 Å². The summed E-state index contributed by atoms with van der Waals surface area (Å²) in [4.78, 5) is 12.5. The summed E-state index contributed by atoms with van der Waals surface area (Å²) in [5, 5.41) is 9.88. The van der Waals surface area contributed by atoms with Crippen molar-refractivity contribution < 1.29 is 13.6 Å². The average molecular weight is 434 g/mol. The lowest BCUT2D eigenvalue weighted by molar-refractivity contribution is 0.102. The summed E-state index contributed by atoms with van der Waals surface area (Å²) in [5.74, 6) is -1.56. The van der Waals surface area contributed by atoms with Gasteiger partial charge in [-0.3, -0.25) is 9.36 Å². The highest BCUT2D eigenvalue weighted by Crippen LogP contribution is 2.38. The fourth-order valence-corrected chi connectivity index (χ4v) is 4.70. The fraction of sp³-hybridized carbons (Fsp3) is 0.286. The van der Waals surface area contributed by atoms with E-state index in [2.05, 4.69) is 14.8 Å². The molecule has 1 aromatic heterocycles. The molecule has 29 heavy (non-hydrogen) atoms. The third-order valence-electron chi connectivity index (χ3n) is 5.04. The molecule has 1 heterocycles. The number of hydrogen-bond acceptors (Lipinski definition) is 4. The Morgan fingerprint density at radius 1 is 1.10 bits per heavy atom. The smallest absolute Gasteiger partial charge is 0.192 e. The molecule has 150 valence electrons. The van der Waals surface area contributed by atoms with Crippen molar-refractivity contribution in [3.05, 3.63) is 64.7 Å². The third kappa shape index (κ3) is 4.21. The second-order valence-corrected chi connectivity index (χ2v) is 8.28. The monoisotopic (exact) mass is 433 g/mol. The number of Topliss-reactive ketones (excluding diaryl/α,β-unsaturated/α-hetero) is 1. The van der Waals surface area contributed by atoms with Crippen LogP contribution in [0.15, 0.2) is 47.6 Å². The molecule has 0 unspecified atom stereocenters. The van der Waals surface area contributed by atoms with Gasteiger partial charge in [-0.1, -0.05) is 48.3 Å². The first-order valence-electron chi connectivity index (χ1n) is 9.35. The van der Waals surface area contributed by atoms with Gasteiger partial charge in [0.15, 0.2) is 28.4 Å². The van der Waals surface area contributed by atoms with Gasteiger partial charge in [-0.15, -0.1) is 10.2 Å². The van der Waals surface area contributed by atoms with Crippen LogP contribution in [0.5, 0.6) is 0 Å². The summed E-state index contributed by atoms with van der Waals surface area (Å²) in [6.45, 7) is 0. The molecule has 0 radical (unpaired) electrons. The number of aromatic nitrogens is 3. The molecular weight excluding hydrogens is 416 g/mol. The van der Waals surface area contributed by atoms with Crippen LogP contribution in [-0.4, -0.2) is 26.3 Å². The quantitative estimate of drug-likeness (QED) is 0.355. The topological polar surface area (TPSA) is 47.8 Å². The number of carbonyl (C=O) groups is 1. The van der Waals surface area contributed by atoms with Crippen molar-refractivity contribution in [2.45, 2.75) is 36.9 Å². The van der Waals surface area contributed by atoms with Crippen LogP contribution in [0.25, 0.3) is 11.4 Å². The number of nitrogens with zero attached hydrogens (tertiary/aromatic N) is 3. The molecule has 2 aromatic carbocycles. The van der Waals surface area contributed by atoms with Gasteiger partial charge in [0.2, 0.25) is 0 Å². The van der Waals surface area contributed by atoms with E-state index in [1.807, 2.05) is 24.3 Å². The molecule has 0 bridgehead atoms. The molecule has 0 spiro atoms. The molecule has 1 saturated carbocycles. The van der Waals surface area contributed by atoms with Crippen LogP contribution >= 0.6 is 23.4 Å². The SMILES string of the molecule is O=C(CSc1nnc(-c2ccccc2Cl)n1C1CCCC1)c1ccc(F)c(F)c1. The zero-order valence-electron chi connectivity index (χ0n) is 15.4. The van der Waals surface area contributed by atoms with Crippen molar-refractivity contribution in [2.75, 3.05) is 5.75 Å². The molecule has 0 saturated heterocycles. The van der Waals surface area contributed by atoms with E-state index >= 15 is 0 Å². The van der Waals surface area contributed by atoms with Gasteiger partial charge in [0.1, 0.15) is 0 Å². The van der Waals surface area contributed by atoms with Gasteiger partial charge in [0, 0.05) is 17.2 Å². The van der Waals surface area contributed by atoms with Crippen molar-refractivity contribution in [1.29, 1.82) is 0 Å². The lowest BCUT2D eigenvalue weighted by Gasteiger charge is -2.17. The van der Waals surface area contributed by atoms with Crippen LogP contribution in [0.1, 0.15) is 42.1 Å². The van der Waals surface area contributed by atoms with E-state index < -0.39 is 11.6 Å². The van der Waals surface area contributed by atoms with Gasteiger partial charge in [-0.05, 0) is 43.2 Å². The van der Waals surface area contributed by atoms with Crippen molar-refractivity contribution >= 4 is 29.1 Å². The average Bonchev–Trinajstić information content (AvgIpc) is 3.38. The Morgan fingerprint density at radius 2 is 1.86 bits per heavy atom. The van der Waals surface area contributed by atoms with Crippen LogP contribution in [0.4, 0.5) is 8.78 Å². The van der Waals surface area contributed by atoms with Crippen LogP contribution in [0.3, 0.4) is 0 Å². The van der Waals surface area contributed by atoms with Gasteiger partial charge in [-0.25, -0.2) is 8.78 Å². The van der Waals surface area contributed by atoms with Crippen LogP contribution in [-0.2, 0) is 0 Å². The maximum Gasteiger partial charge on any atom is 0.192 e. The van der Waals surface area contributed by atoms with E-state index in [-0.39, 0.29) is 23.1 Å². The molecule has 1 fully saturated rings. The van der Waals surface area contributed by atoms with Crippen molar-refractivity contribution in [3.63, 3.8) is 0 Å². The number of carbonyl (C=O) groups excluding carboxylic acids is 1. The van der Waals surface area contributed by atoms with E-state index in [4.69, 9.17) is 11.6 Å². The Hall–Kier alpha value is -2.25. The lowest BCUT2D eigenvalue weighted by atomic mass is 10.1. The molecular formula is C21H18ClF2N3OS. The number of halogens is 3. The molecule has 1 aliphatic rings. The molecule has 0 aliphatic heterocycles. The number of thioether (sulfide) groups is 1. The molecule has 0 N–H and O–H groups in total. The summed E-state index contributed by atoms with van der Waals surface area (Å²) >= 11 is 7.62. The summed E-state index contributed by atoms with van der Waals surface area (Å²) in [6.07, 6.45) is 4.28. The zero-order chi connectivity index (χ0) is 20.4. The molecule has 8 heteroatoms. The Labute approximate surface area is 176 Å². The molecule has 4 rings (SSSR count). The maximum atomic E-state index is 13.4. The van der Waals surface area contributed by atoms with Crippen LogP contribution in [0, 0.1) is 11.6 Å². The zero-order valence-corrected chi connectivity index (χ0v) is 17.0. The molecule has 4 nitrogen and oxygen atoms in total. The number of ketones is 1. The Kier molecular flexibility index (Phi) is 5.96. The van der Waals surface area contributed by atoms with Crippen molar-refractivity contribution in [2.24, 2.45) is 0 Å². The Balaban J connectivity index is 1.61. The van der Waals surface area contributed by atoms with Crippen molar-refractivity contribution in [3.8, 4) is 11.4 Å². The highest BCUT2D eigenvalue weighted by Gasteiger charge is 2.26. The summed E-state index contributed by atoms with van der Waals surface area (Å²) < 4.78 is 28.6. The predicted octanol–water partition coefficient (Wildman–Crippen LogP) is 5.97. The van der Waals surface area contributed by atoms with Gasteiger partial charge in [0.25, 0.3) is 0 Å². The normalized spacial score (nSPS) is 14.4. The molecule has 0 atom stereocenters. The standard InChI is InChI=1S/C21H18ClF2N3OS/c22-16-8-4-3-7-15(16)20-25-26-21(27(20)14-5-1-2-6-14)29-12-19(28)13-9-10-17(23)18(24)11-13/h3-4,7-11,14H,1-2,5-6,12H2. The largest absolute Gasteiger partial charge is 0.299 e. The third-order valence-corrected chi connectivity index (χ3v) is 6.32. The predicted molar refractivity (Wildman–Crippen MR) is 109 cm³/mol. The van der Waals surface area contributed by atoms with E-state index in [1.54, 1.807) is 0 Å². The van der Waals surface area contributed by atoms with Gasteiger partial charge >= 0.3 is 0 Å². The number of hydrogen-bond donors (Lipinski definition) is 0. The molecule has 1 aliphatic carbocycles. The van der Waals surface area contributed by atoms with Gasteiger partial charge in [-0.2, -0.15) is 0 Å². The van der Waals surface area contributed by atoms with Gasteiger partial charge in [0.05, 0.1) is 10.8 Å². The maximum absolute atomic E-state index is 13.4. The lowest BCUT2D eigenvalue weighted by Crippen LogP contribution is -2.10. The minimum atomic E-state index is -1.03. The first-order valence-corrected chi connectivity index (χ1v) is 10.7. The fourth-order valence-electron chi connectivity index (χ4n) is 3.58. The Bertz CT molecular complexity index is 1050. The minimum absolute atomic E-state index is 0.0540. The van der Waals surface area contributed by atoms with E-state index in [1.165, 1.54) is 17.8 Å². The summed E-state index contributed by atoms with van der Waals surface area (Å²) in [5.41, 5.74) is 0.932. The number of rotatable bonds is 6. The van der Waals surface area contributed by atoms with Crippen LogP contribution in [0.2, 0.25) is 5.02 Å². The minimum Gasteiger partial charge on any atom is -0.299 e.